The molecule has 0 saturated carbocycles. The molecule has 2 rings (SSSR count). The minimum atomic E-state index is -3.75. The van der Waals surface area contributed by atoms with Gasteiger partial charge in [0.1, 0.15) is 11.9 Å². The summed E-state index contributed by atoms with van der Waals surface area (Å²) >= 11 is 0. The summed E-state index contributed by atoms with van der Waals surface area (Å²) in [5.74, 6) is -0.987. The maximum atomic E-state index is 13.5. The number of carbonyl (C=O) groups excluding carboxylic acids is 1. The lowest BCUT2D eigenvalue weighted by atomic mass is 10.1. The fourth-order valence-electron chi connectivity index (χ4n) is 2.72. The van der Waals surface area contributed by atoms with Gasteiger partial charge in [0.15, 0.2) is 0 Å². The van der Waals surface area contributed by atoms with Crippen molar-refractivity contribution in [2.24, 2.45) is 0 Å². The highest BCUT2D eigenvalue weighted by Crippen LogP contribution is 2.21. The van der Waals surface area contributed by atoms with Crippen LogP contribution in [0, 0.1) is 5.82 Å². The van der Waals surface area contributed by atoms with E-state index in [9.17, 15) is 17.6 Å². The topological polar surface area (TPSA) is 66.5 Å². The number of amides is 1. The van der Waals surface area contributed by atoms with Crippen LogP contribution in [-0.2, 0) is 21.2 Å². The first-order valence-corrected chi connectivity index (χ1v) is 10.2. The molecule has 0 fully saturated rings. The lowest BCUT2D eigenvalue weighted by molar-refractivity contribution is -0.121. The minimum Gasteiger partial charge on any atom is -0.354 e. The average molecular weight is 378 g/mol. The Morgan fingerprint density at radius 3 is 2.46 bits per heavy atom. The van der Waals surface area contributed by atoms with Crippen LogP contribution in [0.5, 0.6) is 0 Å². The Morgan fingerprint density at radius 1 is 1.15 bits per heavy atom. The third kappa shape index (κ3) is 5.56. The summed E-state index contributed by atoms with van der Waals surface area (Å²) in [5, 5.41) is 2.75. The molecule has 0 bridgehead atoms. The lowest BCUT2D eigenvalue weighted by Crippen LogP contribution is -2.48. The number of aryl methyl sites for hydroxylation is 1. The molecule has 0 spiro atoms. The van der Waals surface area contributed by atoms with Crippen molar-refractivity contribution >= 4 is 21.6 Å². The maximum absolute atomic E-state index is 13.5. The van der Waals surface area contributed by atoms with Crippen LogP contribution in [0.25, 0.3) is 0 Å². The van der Waals surface area contributed by atoms with Gasteiger partial charge in [-0.1, -0.05) is 36.4 Å². The van der Waals surface area contributed by atoms with Crippen molar-refractivity contribution < 1.29 is 17.6 Å². The Kier molecular flexibility index (Phi) is 6.74. The van der Waals surface area contributed by atoms with Gasteiger partial charge in [-0.3, -0.25) is 9.10 Å². The van der Waals surface area contributed by atoms with Crippen LogP contribution in [0.2, 0.25) is 0 Å². The quantitative estimate of drug-likeness (QED) is 0.719. The molecule has 0 aliphatic heterocycles. The van der Waals surface area contributed by atoms with E-state index >= 15 is 0 Å². The normalized spacial score (nSPS) is 12.4. The number of nitrogens with one attached hydrogen (secondary N) is 1. The van der Waals surface area contributed by atoms with Crippen molar-refractivity contribution in [2.45, 2.75) is 25.8 Å². The molecular weight excluding hydrogens is 355 g/mol. The second kappa shape index (κ2) is 8.80. The molecule has 0 aromatic heterocycles. The van der Waals surface area contributed by atoms with Gasteiger partial charge < -0.3 is 5.32 Å². The summed E-state index contributed by atoms with van der Waals surface area (Å²) in [5.41, 5.74) is 1.30. The summed E-state index contributed by atoms with van der Waals surface area (Å²) in [7, 11) is -3.75. The molecule has 26 heavy (non-hydrogen) atoms. The molecular formula is C19H23FN2O3S. The van der Waals surface area contributed by atoms with Crippen molar-refractivity contribution in [2.75, 3.05) is 17.1 Å². The van der Waals surface area contributed by atoms with E-state index in [0.29, 0.717) is 6.54 Å². The van der Waals surface area contributed by atoms with E-state index in [1.54, 1.807) is 0 Å². The van der Waals surface area contributed by atoms with Crippen LogP contribution in [0.15, 0.2) is 54.6 Å². The molecule has 0 radical (unpaired) electrons. The zero-order chi connectivity index (χ0) is 19.2. The van der Waals surface area contributed by atoms with Gasteiger partial charge in [-0.25, -0.2) is 12.8 Å². The third-order valence-electron chi connectivity index (χ3n) is 3.94. The highest BCUT2D eigenvalue weighted by atomic mass is 32.2. The van der Waals surface area contributed by atoms with Crippen LogP contribution in [0.1, 0.15) is 18.9 Å². The summed E-state index contributed by atoms with van der Waals surface area (Å²) in [6.07, 6.45) is 2.55. The van der Waals surface area contributed by atoms with Gasteiger partial charge in [-0.2, -0.15) is 0 Å². The average Bonchev–Trinajstić information content (AvgIpc) is 2.58. The van der Waals surface area contributed by atoms with E-state index in [0.717, 1.165) is 29.5 Å². The SMILES string of the molecule is CC(C(=O)NCCCc1ccccc1)N(c1cccc(F)c1)S(C)(=O)=O. The van der Waals surface area contributed by atoms with E-state index in [1.807, 2.05) is 30.3 Å². The molecule has 0 saturated heterocycles. The Balaban J connectivity index is 1.99. The van der Waals surface area contributed by atoms with Gasteiger partial charge in [-0.05, 0) is 43.5 Å². The van der Waals surface area contributed by atoms with Crippen molar-refractivity contribution in [3.63, 3.8) is 0 Å². The fraction of sp³-hybridized carbons (Fsp3) is 0.316. The summed E-state index contributed by atoms with van der Waals surface area (Å²) in [6, 6.07) is 14.1. The number of benzene rings is 2. The number of sulfonamides is 1. The smallest absolute Gasteiger partial charge is 0.243 e. The summed E-state index contributed by atoms with van der Waals surface area (Å²) < 4.78 is 38.7. The predicted octanol–water partition coefficient (Wildman–Crippen LogP) is 2.73. The van der Waals surface area contributed by atoms with E-state index in [2.05, 4.69) is 5.32 Å². The molecule has 0 heterocycles. The molecule has 5 nitrogen and oxygen atoms in total. The highest BCUT2D eigenvalue weighted by Gasteiger charge is 2.29. The van der Waals surface area contributed by atoms with Crippen molar-refractivity contribution in [3.8, 4) is 0 Å². The van der Waals surface area contributed by atoms with Crippen LogP contribution in [0.4, 0.5) is 10.1 Å². The molecule has 1 atom stereocenters. The van der Waals surface area contributed by atoms with E-state index < -0.39 is 27.8 Å². The van der Waals surface area contributed by atoms with Gasteiger partial charge >= 0.3 is 0 Å². The molecule has 140 valence electrons. The number of halogens is 1. The molecule has 1 N–H and O–H groups in total. The number of rotatable bonds is 8. The van der Waals surface area contributed by atoms with Gasteiger partial charge in [0.2, 0.25) is 15.9 Å². The Hall–Kier alpha value is -2.41. The third-order valence-corrected chi connectivity index (χ3v) is 5.18. The Labute approximate surface area is 153 Å². The van der Waals surface area contributed by atoms with Crippen LogP contribution >= 0.6 is 0 Å². The minimum absolute atomic E-state index is 0.124. The van der Waals surface area contributed by atoms with Crippen LogP contribution < -0.4 is 9.62 Å². The molecule has 7 heteroatoms. The zero-order valence-electron chi connectivity index (χ0n) is 14.9. The van der Waals surface area contributed by atoms with Gasteiger partial charge in [0.25, 0.3) is 0 Å². The maximum Gasteiger partial charge on any atom is 0.243 e. The summed E-state index contributed by atoms with van der Waals surface area (Å²) in [6.45, 7) is 1.91. The summed E-state index contributed by atoms with van der Waals surface area (Å²) in [4.78, 5) is 12.4. The molecule has 2 aromatic rings. The van der Waals surface area contributed by atoms with Crippen molar-refractivity contribution in [3.05, 3.63) is 66.0 Å². The number of hydrogen-bond acceptors (Lipinski definition) is 3. The zero-order valence-corrected chi connectivity index (χ0v) is 15.7. The second-order valence-corrected chi connectivity index (χ2v) is 7.95. The Bertz CT molecular complexity index is 841. The van der Waals surface area contributed by atoms with Crippen LogP contribution in [-0.4, -0.2) is 33.2 Å². The monoisotopic (exact) mass is 378 g/mol. The number of anilines is 1. The standard InChI is InChI=1S/C19H23FN2O3S/c1-15(19(23)21-13-7-10-16-8-4-3-5-9-16)22(26(2,24)25)18-12-6-11-17(20)14-18/h3-6,8-9,11-12,14-15H,7,10,13H2,1-2H3,(H,21,23). The van der Waals surface area contributed by atoms with Gasteiger partial charge in [0.05, 0.1) is 11.9 Å². The predicted molar refractivity (Wildman–Crippen MR) is 101 cm³/mol. The highest BCUT2D eigenvalue weighted by molar-refractivity contribution is 7.92. The van der Waals surface area contributed by atoms with Crippen molar-refractivity contribution in [1.29, 1.82) is 0 Å². The van der Waals surface area contributed by atoms with Gasteiger partial charge in [-0.15, -0.1) is 0 Å². The first-order chi connectivity index (χ1) is 12.3. The van der Waals surface area contributed by atoms with E-state index in [1.165, 1.54) is 30.7 Å². The van der Waals surface area contributed by atoms with Crippen LogP contribution in [0.3, 0.4) is 0 Å². The molecule has 1 amide bonds. The molecule has 0 aliphatic carbocycles. The Morgan fingerprint density at radius 2 is 1.85 bits per heavy atom. The van der Waals surface area contributed by atoms with Crippen molar-refractivity contribution in [1.82, 2.24) is 5.32 Å². The second-order valence-electron chi connectivity index (χ2n) is 6.09. The molecule has 1 unspecified atom stereocenters. The van der Waals surface area contributed by atoms with E-state index in [4.69, 9.17) is 0 Å². The fourth-order valence-corrected chi connectivity index (χ4v) is 3.89. The number of carbonyl (C=O) groups is 1. The first-order valence-electron chi connectivity index (χ1n) is 8.35. The lowest BCUT2D eigenvalue weighted by Gasteiger charge is -2.28. The molecule has 0 aliphatic rings. The largest absolute Gasteiger partial charge is 0.354 e. The van der Waals surface area contributed by atoms with Gasteiger partial charge in [0, 0.05) is 6.54 Å². The first kappa shape index (κ1) is 19.9. The number of hydrogen-bond donors (Lipinski definition) is 1. The number of nitrogens with zero attached hydrogens (tertiary/aromatic N) is 1. The molecule has 2 aromatic carbocycles. The van der Waals surface area contributed by atoms with E-state index in [-0.39, 0.29) is 5.69 Å².